The molecule has 0 saturated heterocycles. The zero-order valence-electron chi connectivity index (χ0n) is 6.42. The average molecular weight is 221 g/mol. The van der Waals surface area contributed by atoms with Gasteiger partial charge in [-0.15, -0.1) is 0 Å². The summed E-state index contributed by atoms with van der Waals surface area (Å²) in [5.41, 5.74) is 0. The Morgan fingerprint density at radius 1 is 1.55 bits per heavy atom. The fourth-order valence-corrected chi connectivity index (χ4v) is 2.02. The van der Waals surface area contributed by atoms with Crippen LogP contribution in [0, 0.1) is 5.92 Å². The third-order valence-corrected chi connectivity index (χ3v) is 2.79. The normalized spacial score (nSPS) is 31.8. The summed E-state index contributed by atoms with van der Waals surface area (Å²) in [5.74, 6) is 0.349. The van der Waals surface area contributed by atoms with E-state index in [0.717, 1.165) is 19.3 Å². The number of rotatable bonds is 2. The number of aliphatic hydroxyl groups is 1. The molecule has 0 aromatic carbocycles. The molecule has 0 aromatic rings. The number of ketones is 1. The van der Waals surface area contributed by atoms with Gasteiger partial charge in [-0.05, 0) is 19.3 Å². The Labute approximate surface area is 75.1 Å². The van der Waals surface area contributed by atoms with Crippen molar-refractivity contribution in [2.75, 3.05) is 5.33 Å². The van der Waals surface area contributed by atoms with Gasteiger partial charge in [0.2, 0.25) is 0 Å². The SMILES string of the molecule is O=C(CBr)[C@@H]1CCC[C@@H](O)C1. The maximum atomic E-state index is 11.2. The highest BCUT2D eigenvalue weighted by Crippen LogP contribution is 2.25. The van der Waals surface area contributed by atoms with Gasteiger partial charge in [0.1, 0.15) is 5.78 Å². The van der Waals surface area contributed by atoms with Crippen molar-refractivity contribution in [2.24, 2.45) is 5.92 Å². The van der Waals surface area contributed by atoms with Gasteiger partial charge in [-0.2, -0.15) is 0 Å². The van der Waals surface area contributed by atoms with Crippen molar-refractivity contribution < 1.29 is 9.90 Å². The van der Waals surface area contributed by atoms with Crippen LogP contribution in [0.3, 0.4) is 0 Å². The van der Waals surface area contributed by atoms with E-state index in [1.54, 1.807) is 0 Å². The van der Waals surface area contributed by atoms with Gasteiger partial charge >= 0.3 is 0 Å². The van der Waals surface area contributed by atoms with Crippen LogP contribution < -0.4 is 0 Å². The van der Waals surface area contributed by atoms with Crippen molar-refractivity contribution in [1.82, 2.24) is 0 Å². The molecule has 0 unspecified atom stereocenters. The van der Waals surface area contributed by atoms with E-state index in [1.807, 2.05) is 0 Å². The van der Waals surface area contributed by atoms with Crippen LogP contribution >= 0.6 is 15.9 Å². The monoisotopic (exact) mass is 220 g/mol. The van der Waals surface area contributed by atoms with E-state index in [9.17, 15) is 9.90 Å². The minimum atomic E-state index is -0.239. The first-order valence-electron chi connectivity index (χ1n) is 4.00. The average Bonchev–Trinajstić information content (AvgIpc) is 2.03. The fourth-order valence-electron chi connectivity index (χ4n) is 1.57. The van der Waals surface area contributed by atoms with Crippen molar-refractivity contribution in [3.05, 3.63) is 0 Å². The lowest BCUT2D eigenvalue weighted by Crippen LogP contribution is -2.26. The van der Waals surface area contributed by atoms with Gasteiger partial charge in [0.25, 0.3) is 0 Å². The minimum absolute atomic E-state index is 0.109. The molecule has 1 fully saturated rings. The van der Waals surface area contributed by atoms with E-state index in [4.69, 9.17) is 0 Å². The van der Waals surface area contributed by atoms with Crippen LogP contribution in [-0.2, 0) is 4.79 Å². The largest absolute Gasteiger partial charge is 0.393 e. The van der Waals surface area contributed by atoms with Crippen LogP contribution in [0.2, 0.25) is 0 Å². The van der Waals surface area contributed by atoms with Crippen molar-refractivity contribution in [1.29, 1.82) is 0 Å². The Hall–Kier alpha value is 0.110. The number of alkyl halides is 1. The Morgan fingerprint density at radius 3 is 2.82 bits per heavy atom. The first-order valence-corrected chi connectivity index (χ1v) is 5.13. The number of Topliss-reactive ketones (excluding diaryl/α,β-unsaturated/α-hetero) is 1. The second kappa shape index (κ2) is 4.21. The first-order chi connectivity index (χ1) is 5.24. The van der Waals surface area contributed by atoms with Crippen molar-refractivity contribution in [2.45, 2.75) is 31.8 Å². The van der Waals surface area contributed by atoms with Crippen LogP contribution in [0.1, 0.15) is 25.7 Å². The molecule has 0 amide bonds. The van der Waals surface area contributed by atoms with Gasteiger partial charge in [-0.1, -0.05) is 22.4 Å². The zero-order valence-corrected chi connectivity index (χ0v) is 8.01. The van der Waals surface area contributed by atoms with Crippen LogP contribution in [0.5, 0.6) is 0 Å². The number of halogens is 1. The van der Waals surface area contributed by atoms with Gasteiger partial charge in [0.05, 0.1) is 11.4 Å². The third kappa shape index (κ3) is 2.56. The molecule has 0 bridgehead atoms. The number of hydrogen-bond acceptors (Lipinski definition) is 2. The van der Waals surface area contributed by atoms with Crippen molar-refractivity contribution in [3.8, 4) is 0 Å². The molecule has 1 aliphatic carbocycles. The van der Waals surface area contributed by atoms with Crippen LogP contribution in [0.15, 0.2) is 0 Å². The summed E-state index contributed by atoms with van der Waals surface area (Å²) >= 11 is 3.14. The summed E-state index contributed by atoms with van der Waals surface area (Å²) in [4.78, 5) is 11.2. The molecule has 0 spiro atoms. The summed E-state index contributed by atoms with van der Waals surface area (Å²) in [6.45, 7) is 0. The van der Waals surface area contributed by atoms with Crippen LogP contribution in [0.25, 0.3) is 0 Å². The summed E-state index contributed by atoms with van der Waals surface area (Å²) in [5, 5.41) is 9.69. The van der Waals surface area contributed by atoms with E-state index >= 15 is 0 Å². The standard InChI is InChI=1S/C8H13BrO2/c9-5-8(11)6-2-1-3-7(10)4-6/h6-7,10H,1-5H2/t6-,7-/m1/s1. The van der Waals surface area contributed by atoms with Gasteiger partial charge in [-0.25, -0.2) is 0 Å². The van der Waals surface area contributed by atoms with E-state index < -0.39 is 0 Å². The smallest absolute Gasteiger partial charge is 0.146 e. The van der Waals surface area contributed by atoms with Gasteiger partial charge in [-0.3, -0.25) is 4.79 Å². The summed E-state index contributed by atoms with van der Waals surface area (Å²) in [6, 6.07) is 0. The van der Waals surface area contributed by atoms with Gasteiger partial charge in [0, 0.05) is 5.92 Å². The molecule has 0 aromatic heterocycles. The number of aliphatic hydroxyl groups excluding tert-OH is 1. The highest BCUT2D eigenvalue weighted by atomic mass is 79.9. The summed E-state index contributed by atoms with van der Waals surface area (Å²) in [7, 11) is 0. The molecular formula is C8H13BrO2. The van der Waals surface area contributed by atoms with Crippen molar-refractivity contribution in [3.63, 3.8) is 0 Å². The van der Waals surface area contributed by atoms with E-state index in [-0.39, 0.29) is 17.8 Å². The Kier molecular flexibility index (Phi) is 3.52. The second-order valence-corrected chi connectivity index (χ2v) is 3.68. The lowest BCUT2D eigenvalue weighted by Gasteiger charge is -2.23. The Morgan fingerprint density at radius 2 is 2.27 bits per heavy atom. The number of hydrogen-bond donors (Lipinski definition) is 1. The molecule has 1 rings (SSSR count). The molecule has 2 nitrogen and oxygen atoms in total. The second-order valence-electron chi connectivity index (χ2n) is 3.12. The van der Waals surface area contributed by atoms with Crippen molar-refractivity contribution >= 4 is 21.7 Å². The van der Waals surface area contributed by atoms with E-state index in [0.29, 0.717) is 11.8 Å². The predicted molar refractivity (Wildman–Crippen MR) is 46.8 cm³/mol. The lowest BCUT2D eigenvalue weighted by molar-refractivity contribution is -0.122. The Bertz CT molecular complexity index is 147. The van der Waals surface area contributed by atoms with E-state index in [1.165, 1.54) is 0 Å². The summed E-state index contributed by atoms with van der Waals surface area (Å²) in [6.07, 6.45) is 3.25. The zero-order chi connectivity index (χ0) is 8.27. The fraction of sp³-hybridized carbons (Fsp3) is 0.875. The molecular weight excluding hydrogens is 208 g/mol. The predicted octanol–water partition coefficient (Wildman–Crippen LogP) is 1.50. The maximum Gasteiger partial charge on any atom is 0.146 e. The summed E-state index contributed by atoms with van der Waals surface area (Å²) < 4.78 is 0. The first kappa shape index (κ1) is 9.20. The topological polar surface area (TPSA) is 37.3 Å². The molecule has 0 aliphatic heterocycles. The quantitative estimate of drug-likeness (QED) is 0.717. The van der Waals surface area contributed by atoms with Crippen LogP contribution in [-0.4, -0.2) is 22.3 Å². The highest BCUT2D eigenvalue weighted by molar-refractivity contribution is 9.09. The molecule has 0 heterocycles. The van der Waals surface area contributed by atoms with Crippen LogP contribution in [0.4, 0.5) is 0 Å². The molecule has 1 N–H and O–H groups in total. The van der Waals surface area contributed by atoms with Gasteiger partial charge < -0.3 is 5.11 Å². The number of carbonyl (C=O) groups excluding carboxylic acids is 1. The number of carbonyl (C=O) groups is 1. The third-order valence-electron chi connectivity index (χ3n) is 2.23. The minimum Gasteiger partial charge on any atom is -0.393 e. The molecule has 2 atom stereocenters. The highest BCUT2D eigenvalue weighted by Gasteiger charge is 2.24. The molecule has 0 radical (unpaired) electrons. The molecule has 1 saturated carbocycles. The van der Waals surface area contributed by atoms with Gasteiger partial charge in [0.15, 0.2) is 0 Å². The van der Waals surface area contributed by atoms with E-state index in [2.05, 4.69) is 15.9 Å². The molecule has 1 aliphatic rings. The Balaban J connectivity index is 2.39. The molecule has 64 valence electrons. The molecule has 11 heavy (non-hydrogen) atoms. The lowest BCUT2D eigenvalue weighted by atomic mass is 9.85. The maximum absolute atomic E-state index is 11.2. The molecule has 3 heteroatoms.